The highest BCUT2D eigenvalue weighted by atomic mass is 32.2. The fraction of sp³-hybridized carbons (Fsp3) is 0.357. The van der Waals surface area contributed by atoms with E-state index in [1.54, 1.807) is 0 Å². The highest BCUT2D eigenvalue weighted by molar-refractivity contribution is 7.97. The molecule has 0 fully saturated rings. The van der Waals surface area contributed by atoms with E-state index in [2.05, 4.69) is 125 Å². The van der Waals surface area contributed by atoms with Crippen LogP contribution in [0.1, 0.15) is 20.8 Å². The van der Waals surface area contributed by atoms with Gasteiger partial charge in [-0.1, -0.05) is 6.07 Å². The molecule has 214 valence electrons. The van der Waals surface area contributed by atoms with Crippen molar-refractivity contribution in [2.75, 3.05) is 43.7 Å². The van der Waals surface area contributed by atoms with Gasteiger partial charge in [0, 0.05) is 45.6 Å². The Morgan fingerprint density at radius 1 is 0.769 bits per heavy atom. The zero-order chi connectivity index (χ0) is 29.6. The van der Waals surface area contributed by atoms with Crippen LogP contribution in [-0.4, -0.2) is 58.7 Å². The van der Waals surface area contributed by atoms with Gasteiger partial charge in [0.05, 0.1) is 10.9 Å². The standard InChI is InChI=1S/C26H33N2OS.C2H3F3O3S/c1-26(2,3)29-22-9-8-10-25(19-22)30(23-15-11-20(12-16-23)27(4)5)24-17-13-21(14-18-24)28(6)7;3-2(4,5)1-9(6,7)8/h8-19H,1-7H3;1H2,(H,6,7,8)/q+1;/p-1. The summed E-state index contributed by atoms with van der Waals surface area (Å²) in [6, 6.07) is 26.3. The van der Waals surface area contributed by atoms with E-state index in [0.29, 0.717) is 0 Å². The number of alkyl halides is 3. The van der Waals surface area contributed by atoms with Gasteiger partial charge < -0.3 is 19.1 Å². The Balaban J connectivity index is 0.000000510. The zero-order valence-corrected chi connectivity index (χ0v) is 24.7. The lowest BCUT2D eigenvalue weighted by Gasteiger charge is -2.21. The molecule has 0 heterocycles. The van der Waals surface area contributed by atoms with Gasteiger partial charge in [-0.25, -0.2) is 8.42 Å². The summed E-state index contributed by atoms with van der Waals surface area (Å²) in [5, 5.41) is 0. The van der Waals surface area contributed by atoms with Crippen LogP contribution in [0.2, 0.25) is 0 Å². The number of nitrogens with zero attached hydrogens (tertiary/aromatic N) is 2. The monoisotopic (exact) mass is 584 g/mol. The molecular formula is C28H35F3N2O4S2. The molecule has 0 saturated carbocycles. The number of hydrogen-bond acceptors (Lipinski definition) is 6. The molecule has 11 heteroatoms. The minimum absolute atomic E-state index is 0.213. The minimum atomic E-state index is -5.16. The maximum Gasteiger partial charge on any atom is 0.401 e. The van der Waals surface area contributed by atoms with Gasteiger partial charge in [0.1, 0.15) is 27.2 Å². The molecule has 3 aromatic carbocycles. The molecule has 0 saturated heterocycles. The van der Waals surface area contributed by atoms with Crippen LogP contribution >= 0.6 is 0 Å². The van der Waals surface area contributed by atoms with Crippen LogP contribution in [0.25, 0.3) is 0 Å². The number of hydrogen-bond donors (Lipinski definition) is 0. The lowest BCUT2D eigenvalue weighted by Crippen LogP contribution is -2.23. The van der Waals surface area contributed by atoms with E-state index in [1.807, 2.05) is 6.07 Å². The van der Waals surface area contributed by atoms with E-state index < -0.39 is 22.0 Å². The third-order valence-corrected chi connectivity index (χ3v) is 7.88. The van der Waals surface area contributed by atoms with E-state index >= 15 is 0 Å². The summed E-state index contributed by atoms with van der Waals surface area (Å²) in [7, 11) is 2.92. The van der Waals surface area contributed by atoms with E-state index in [4.69, 9.17) is 4.74 Å². The molecule has 3 rings (SSSR count). The summed E-state index contributed by atoms with van der Waals surface area (Å²) in [6.45, 7) is 6.25. The molecule has 6 nitrogen and oxygen atoms in total. The van der Waals surface area contributed by atoms with E-state index in [1.165, 1.54) is 26.1 Å². The Bertz CT molecular complexity index is 1250. The average molecular weight is 585 g/mol. The lowest BCUT2D eigenvalue weighted by atomic mass is 10.2. The Kier molecular flexibility index (Phi) is 10.8. The van der Waals surface area contributed by atoms with Crippen LogP contribution in [0.3, 0.4) is 0 Å². The van der Waals surface area contributed by atoms with Crippen molar-refractivity contribution >= 4 is 32.4 Å². The van der Waals surface area contributed by atoms with Crippen molar-refractivity contribution in [1.82, 2.24) is 0 Å². The third kappa shape index (κ3) is 11.4. The van der Waals surface area contributed by atoms with Crippen LogP contribution in [-0.2, 0) is 21.0 Å². The molecule has 0 bridgehead atoms. The first kappa shape index (κ1) is 32.3. The second-order valence-electron chi connectivity index (χ2n) is 10.1. The van der Waals surface area contributed by atoms with Gasteiger partial charge in [-0.05, 0) is 81.4 Å². The Morgan fingerprint density at radius 3 is 1.51 bits per heavy atom. The van der Waals surface area contributed by atoms with E-state index in [-0.39, 0.29) is 16.5 Å². The topological polar surface area (TPSA) is 72.9 Å². The fourth-order valence-electron chi connectivity index (χ4n) is 3.39. The normalized spacial score (nSPS) is 12.0. The number of ether oxygens (including phenoxy) is 1. The molecule has 0 aromatic heterocycles. The third-order valence-electron chi connectivity index (χ3n) is 4.98. The molecule has 0 aliphatic rings. The van der Waals surface area contributed by atoms with Gasteiger partial charge in [0.15, 0.2) is 14.7 Å². The van der Waals surface area contributed by atoms with Crippen molar-refractivity contribution in [2.45, 2.75) is 47.2 Å². The second kappa shape index (κ2) is 13.0. The lowest BCUT2D eigenvalue weighted by molar-refractivity contribution is -0.107. The predicted octanol–water partition coefficient (Wildman–Crippen LogP) is 6.19. The average Bonchev–Trinajstić information content (AvgIpc) is 2.77. The van der Waals surface area contributed by atoms with Gasteiger partial charge in [0.2, 0.25) is 0 Å². The molecule has 0 unspecified atom stereocenters. The molecule has 0 radical (unpaired) electrons. The van der Waals surface area contributed by atoms with E-state index in [0.717, 1.165) is 5.75 Å². The van der Waals surface area contributed by atoms with Crippen LogP contribution in [0.4, 0.5) is 24.5 Å². The second-order valence-corrected chi connectivity index (χ2v) is 13.5. The molecule has 0 aliphatic heterocycles. The van der Waals surface area contributed by atoms with Crippen molar-refractivity contribution < 1.29 is 30.9 Å². The number of halogens is 3. The van der Waals surface area contributed by atoms with Gasteiger partial charge in [0.25, 0.3) is 0 Å². The fourth-order valence-corrected chi connectivity index (χ4v) is 5.87. The summed E-state index contributed by atoms with van der Waals surface area (Å²) < 4.78 is 67.2. The summed E-state index contributed by atoms with van der Waals surface area (Å²) in [6.07, 6.45) is -4.92. The van der Waals surface area contributed by atoms with Crippen molar-refractivity contribution in [2.24, 2.45) is 0 Å². The number of rotatable bonds is 7. The molecule has 39 heavy (non-hydrogen) atoms. The predicted molar refractivity (Wildman–Crippen MR) is 151 cm³/mol. The van der Waals surface area contributed by atoms with Gasteiger partial charge in [-0.2, -0.15) is 13.2 Å². The molecule has 0 amide bonds. The summed E-state index contributed by atoms with van der Waals surface area (Å²) in [4.78, 5) is 8.11. The molecule has 3 aromatic rings. The maximum absolute atomic E-state index is 11.0. The molecule has 0 atom stereocenters. The molecule has 0 aliphatic carbocycles. The zero-order valence-electron chi connectivity index (χ0n) is 23.1. The van der Waals surface area contributed by atoms with Gasteiger partial charge >= 0.3 is 6.18 Å². The minimum Gasteiger partial charge on any atom is -0.748 e. The van der Waals surface area contributed by atoms with Crippen molar-refractivity contribution in [3.05, 3.63) is 72.8 Å². The summed E-state index contributed by atoms with van der Waals surface area (Å²) in [5.74, 6) is -1.38. The number of anilines is 2. The quantitative estimate of drug-likeness (QED) is 0.244. The summed E-state index contributed by atoms with van der Waals surface area (Å²) in [5.41, 5.74) is 2.18. The van der Waals surface area contributed by atoms with Gasteiger partial charge in [-0.3, -0.25) is 0 Å². The largest absolute Gasteiger partial charge is 0.748 e. The van der Waals surface area contributed by atoms with Crippen LogP contribution in [0.15, 0.2) is 87.5 Å². The van der Waals surface area contributed by atoms with Crippen molar-refractivity contribution in [3.63, 3.8) is 0 Å². The molecule has 0 spiro atoms. The Morgan fingerprint density at radius 2 is 1.21 bits per heavy atom. The Hall–Kier alpha value is -2.89. The van der Waals surface area contributed by atoms with Gasteiger partial charge in [-0.15, -0.1) is 0 Å². The van der Waals surface area contributed by atoms with E-state index in [9.17, 15) is 26.1 Å². The maximum atomic E-state index is 11.0. The van der Waals surface area contributed by atoms with Crippen LogP contribution in [0, 0.1) is 0 Å². The first-order valence-electron chi connectivity index (χ1n) is 11.9. The van der Waals surface area contributed by atoms with Crippen molar-refractivity contribution in [1.29, 1.82) is 0 Å². The highest BCUT2D eigenvalue weighted by Crippen LogP contribution is 2.35. The molecule has 0 N–H and O–H groups in total. The smallest absolute Gasteiger partial charge is 0.401 e. The summed E-state index contributed by atoms with van der Waals surface area (Å²) >= 11 is 0. The van der Waals surface area contributed by atoms with Crippen LogP contribution < -0.4 is 14.5 Å². The molecular weight excluding hydrogens is 549 g/mol. The van der Waals surface area contributed by atoms with Crippen molar-refractivity contribution in [3.8, 4) is 5.75 Å². The SMILES string of the molecule is CN(C)c1ccc([S+](c2ccc(N(C)C)cc2)c2cccc(OC(C)(C)C)c2)cc1.O=S(=O)([O-])CC(F)(F)F. The highest BCUT2D eigenvalue weighted by Gasteiger charge is 2.31. The Labute approximate surface area is 232 Å². The van der Waals surface area contributed by atoms with Crippen LogP contribution in [0.5, 0.6) is 5.75 Å². The first-order chi connectivity index (χ1) is 17.8. The number of benzene rings is 3. The first-order valence-corrected chi connectivity index (χ1v) is 14.7.